The molecule has 0 spiro atoms. The zero-order valence-corrected chi connectivity index (χ0v) is 17.7. The second kappa shape index (κ2) is 8.29. The number of furan rings is 1. The number of halogens is 4. The first-order valence-corrected chi connectivity index (χ1v) is 9.83. The van der Waals surface area contributed by atoms with Crippen molar-refractivity contribution in [2.24, 2.45) is 0 Å². The molecule has 6 nitrogen and oxygen atoms in total. The minimum absolute atomic E-state index is 0.00548. The van der Waals surface area contributed by atoms with E-state index in [2.05, 4.69) is 0 Å². The summed E-state index contributed by atoms with van der Waals surface area (Å²) < 4.78 is 38.6. The van der Waals surface area contributed by atoms with E-state index >= 15 is 0 Å². The molecule has 1 aromatic heterocycles. The maximum atomic E-state index is 14.6. The van der Waals surface area contributed by atoms with Gasteiger partial charge in [0.1, 0.15) is 34.9 Å². The van der Waals surface area contributed by atoms with Gasteiger partial charge in [-0.2, -0.15) is 0 Å². The van der Waals surface area contributed by atoms with Crippen molar-refractivity contribution in [3.63, 3.8) is 0 Å². The molecule has 1 aliphatic rings. The molecule has 2 aromatic carbocycles. The predicted molar refractivity (Wildman–Crippen MR) is 113 cm³/mol. The number of benzene rings is 2. The number of ketones is 1. The van der Waals surface area contributed by atoms with Crippen molar-refractivity contribution >= 4 is 46.3 Å². The molecule has 1 N–H and O–H groups in total. The van der Waals surface area contributed by atoms with Crippen LogP contribution in [-0.4, -0.2) is 23.9 Å². The highest BCUT2D eigenvalue weighted by Gasteiger charge is 2.49. The summed E-state index contributed by atoms with van der Waals surface area (Å²) in [6.07, 6.45) is 1.29. The minimum Gasteiger partial charge on any atom is -0.507 e. The summed E-state index contributed by atoms with van der Waals surface area (Å²) in [6.45, 7) is 0. The van der Waals surface area contributed by atoms with E-state index in [1.54, 1.807) is 0 Å². The second-order valence-corrected chi connectivity index (χ2v) is 7.59. The van der Waals surface area contributed by atoms with Gasteiger partial charge in [0.15, 0.2) is 0 Å². The molecule has 10 heteroatoms. The summed E-state index contributed by atoms with van der Waals surface area (Å²) in [6, 6.07) is 6.79. The van der Waals surface area contributed by atoms with Gasteiger partial charge in [-0.15, -0.1) is 0 Å². The Morgan fingerprint density at radius 2 is 1.91 bits per heavy atom. The summed E-state index contributed by atoms with van der Waals surface area (Å²) in [4.78, 5) is 26.7. The van der Waals surface area contributed by atoms with E-state index in [4.69, 9.17) is 32.4 Å². The summed E-state index contributed by atoms with van der Waals surface area (Å²) in [5.74, 6) is -4.80. The van der Waals surface area contributed by atoms with Crippen molar-refractivity contribution in [2.75, 3.05) is 12.0 Å². The molecular weight excluding hydrogens is 467 g/mol. The van der Waals surface area contributed by atoms with Gasteiger partial charge in [0.05, 0.1) is 35.2 Å². The number of carbonyl (C=O) groups is 2. The lowest BCUT2D eigenvalue weighted by molar-refractivity contribution is -0.132. The van der Waals surface area contributed by atoms with E-state index in [1.807, 2.05) is 0 Å². The smallest absolute Gasteiger partial charge is 0.300 e. The molecule has 1 aliphatic heterocycles. The molecule has 1 fully saturated rings. The van der Waals surface area contributed by atoms with E-state index in [9.17, 15) is 23.5 Å². The minimum atomic E-state index is -1.35. The lowest BCUT2D eigenvalue weighted by atomic mass is 9.98. The lowest BCUT2D eigenvalue weighted by Crippen LogP contribution is -2.30. The van der Waals surface area contributed by atoms with Crippen LogP contribution in [0.5, 0.6) is 5.75 Å². The molecule has 1 atom stereocenters. The predicted octanol–water partition coefficient (Wildman–Crippen LogP) is 5.50. The third kappa shape index (κ3) is 3.51. The zero-order valence-electron chi connectivity index (χ0n) is 16.2. The van der Waals surface area contributed by atoms with E-state index in [1.165, 1.54) is 37.6 Å². The largest absolute Gasteiger partial charge is 0.507 e. The maximum absolute atomic E-state index is 14.6. The van der Waals surface area contributed by atoms with Crippen LogP contribution in [0.4, 0.5) is 14.5 Å². The summed E-state index contributed by atoms with van der Waals surface area (Å²) in [5, 5.41) is 11.3. The van der Waals surface area contributed by atoms with Gasteiger partial charge >= 0.3 is 0 Å². The average Bonchev–Trinajstić information content (AvgIpc) is 3.35. The van der Waals surface area contributed by atoms with Crippen molar-refractivity contribution < 1.29 is 32.6 Å². The van der Waals surface area contributed by atoms with E-state index in [0.717, 1.165) is 17.0 Å². The fourth-order valence-electron chi connectivity index (χ4n) is 3.56. The number of nitrogens with zero attached hydrogens (tertiary/aromatic N) is 1. The van der Waals surface area contributed by atoms with Crippen molar-refractivity contribution in [2.45, 2.75) is 6.04 Å². The third-order valence-electron chi connectivity index (χ3n) is 4.89. The highest BCUT2D eigenvalue weighted by atomic mass is 35.5. The first kappa shape index (κ1) is 21.9. The van der Waals surface area contributed by atoms with Crippen LogP contribution < -0.4 is 9.64 Å². The van der Waals surface area contributed by atoms with Gasteiger partial charge in [-0.1, -0.05) is 23.2 Å². The van der Waals surface area contributed by atoms with Gasteiger partial charge in [0, 0.05) is 11.1 Å². The van der Waals surface area contributed by atoms with Crippen LogP contribution in [0.15, 0.2) is 58.7 Å². The highest BCUT2D eigenvalue weighted by Crippen LogP contribution is 2.45. The number of anilines is 1. The maximum Gasteiger partial charge on any atom is 0.300 e. The molecule has 1 unspecified atom stereocenters. The molecule has 1 amide bonds. The first-order chi connectivity index (χ1) is 15.2. The fraction of sp³-hybridized carbons (Fsp3) is 0.0909. The Labute approximate surface area is 190 Å². The number of ether oxygens (including phenoxy) is 1. The van der Waals surface area contributed by atoms with E-state index in [0.29, 0.717) is 6.07 Å². The Balaban J connectivity index is 2.00. The Kier molecular flexibility index (Phi) is 5.66. The number of hydrogen-bond acceptors (Lipinski definition) is 5. The Hall–Kier alpha value is -3.36. The second-order valence-electron chi connectivity index (χ2n) is 6.75. The summed E-state index contributed by atoms with van der Waals surface area (Å²) in [7, 11) is 1.29. The standard InChI is InChI=1S/C22H13Cl2F2NO5/c1-31-21-12(7-10(23)8-13(21)24)19(28)17-18(16-3-2-6-32-16)27(22(30)20(17)29)15-5-4-11(25)9-14(15)26/h2-9,18,28H,1H3/b19-17-. The highest BCUT2D eigenvalue weighted by molar-refractivity contribution is 6.51. The molecular formula is C22H13Cl2F2NO5. The van der Waals surface area contributed by atoms with Crippen LogP contribution in [0.2, 0.25) is 10.0 Å². The van der Waals surface area contributed by atoms with Crippen LogP contribution in [0.1, 0.15) is 17.4 Å². The molecule has 2 heterocycles. The van der Waals surface area contributed by atoms with Crippen molar-refractivity contribution in [1.82, 2.24) is 0 Å². The topological polar surface area (TPSA) is 80.0 Å². The number of Topliss-reactive ketones (excluding diaryl/α,β-unsaturated/α-hetero) is 1. The number of carbonyl (C=O) groups excluding carboxylic acids is 2. The van der Waals surface area contributed by atoms with E-state index in [-0.39, 0.29) is 32.8 Å². The average molecular weight is 480 g/mol. The Morgan fingerprint density at radius 1 is 1.16 bits per heavy atom. The molecule has 4 rings (SSSR count). The first-order valence-electron chi connectivity index (χ1n) is 9.07. The van der Waals surface area contributed by atoms with Gasteiger partial charge in [0.2, 0.25) is 0 Å². The molecule has 0 saturated carbocycles. The number of rotatable bonds is 4. The summed E-state index contributed by atoms with van der Waals surface area (Å²) in [5.41, 5.74) is -0.838. The van der Waals surface area contributed by atoms with Crippen molar-refractivity contribution in [3.8, 4) is 5.75 Å². The number of amides is 1. The molecule has 0 radical (unpaired) electrons. The van der Waals surface area contributed by atoms with Crippen LogP contribution >= 0.6 is 23.2 Å². The molecule has 32 heavy (non-hydrogen) atoms. The van der Waals surface area contributed by atoms with Crippen LogP contribution in [-0.2, 0) is 9.59 Å². The van der Waals surface area contributed by atoms with Gasteiger partial charge < -0.3 is 14.3 Å². The van der Waals surface area contributed by atoms with Crippen molar-refractivity contribution in [1.29, 1.82) is 0 Å². The lowest BCUT2D eigenvalue weighted by Gasteiger charge is -2.24. The van der Waals surface area contributed by atoms with Crippen molar-refractivity contribution in [3.05, 3.63) is 87.3 Å². The van der Waals surface area contributed by atoms with E-state index < -0.39 is 40.7 Å². The normalized spacial score (nSPS) is 17.8. The number of hydrogen-bond donors (Lipinski definition) is 1. The number of aliphatic hydroxyl groups excluding tert-OH is 1. The SMILES string of the molecule is COc1c(Cl)cc(Cl)cc1/C(O)=C1/C(=O)C(=O)N(c2ccc(F)cc2F)C1c1ccco1. The van der Waals surface area contributed by atoms with Gasteiger partial charge in [-0.25, -0.2) is 8.78 Å². The van der Waals surface area contributed by atoms with Crippen LogP contribution in [0.25, 0.3) is 5.76 Å². The summed E-state index contributed by atoms with van der Waals surface area (Å²) >= 11 is 12.2. The fourth-order valence-corrected chi connectivity index (χ4v) is 4.13. The third-order valence-corrected chi connectivity index (χ3v) is 5.39. The van der Waals surface area contributed by atoms with Gasteiger partial charge in [0.25, 0.3) is 11.7 Å². The van der Waals surface area contributed by atoms with Crippen LogP contribution in [0, 0.1) is 11.6 Å². The Morgan fingerprint density at radius 3 is 2.53 bits per heavy atom. The van der Waals surface area contributed by atoms with Gasteiger partial charge in [-0.05, 0) is 36.4 Å². The molecule has 164 valence electrons. The molecule has 0 bridgehead atoms. The molecule has 0 aliphatic carbocycles. The van der Waals surface area contributed by atoms with Gasteiger partial charge in [-0.3, -0.25) is 14.5 Å². The molecule has 3 aromatic rings. The molecule has 1 saturated heterocycles. The zero-order chi connectivity index (χ0) is 23.2. The van der Waals surface area contributed by atoms with Crippen LogP contribution in [0.3, 0.4) is 0 Å². The Bertz CT molecular complexity index is 1270. The quantitative estimate of drug-likeness (QED) is 0.303. The monoisotopic (exact) mass is 479 g/mol. The number of aliphatic hydroxyl groups is 1. The number of methoxy groups -OCH3 is 1.